The lowest BCUT2D eigenvalue weighted by atomic mass is 10.1. The maximum Gasteiger partial charge on any atom is 0.138 e. The summed E-state index contributed by atoms with van der Waals surface area (Å²) in [6.07, 6.45) is 3.89. The lowest BCUT2D eigenvalue weighted by Gasteiger charge is -2.21. The second-order valence-electron chi connectivity index (χ2n) is 5.00. The molecule has 20 heavy (non-hydrogen) atoms. The Morgan fingerprint density at radius 2 is 2.10 bits per heavy atom. The third-order valence-corrected chi connectivity index (χ3v) is 4.73. The molecule has 2 unspecified atom stereocenters. The maximum absolute atomic E-state index is 5.75. The standard InChI is InChI=1S/C15H21Br2NO2/c1-3-20-15-10(7-11(16)8-12(15)17)9-18-13-5-4-6-14(13)19-2/h7-8,13-14,18H,3-6,9H2,1-2H3. The molecule has 2 rings (SSSR count). The molecule has 2 atom stereocenters. The number of nitrogens with one attached hydrogen (secondary N) is 1. The first-order valence-corrected chi connectivity index (χ1v) is 8.61. The van der Waals surface area contributed by atoms with E-state index in [-0.39, 0.29) is 0 Å². The third kappa shape index (κ3) is 3.97. The largest absolute Gasteiger partial charge is 0.492 e. The van der Waals surface area contributed by atoms with Gasteiger partial charge in [-0.3, -0.25) is 0 Å². The van der Waals surface area contributed by atoms with E-state index in [1.807, 2.05) is 13.0 Å². The fourth-order valence-corrected chi connectivity index (χ4v) is 4.16. The van der Waals surface area contributed by atoms with Gasteiger partial charge in [0.05, 0.1) is 17.2 Å². The molecule has 0 saturated heterocycles. The lowest BCUT2D eigenvalue weighted by Crippen LogP contribution is -2.36. The molecule has 1 N–H and O–H groups in total. The quantitative estimate of drug-likeness (QED) is 0.765. The normalized spacial score (nSPS) is 22.2. The zero-order chi connectivity index (χ0) is 14.5. The molecule has 1 saturated carbocycles. The molecule has 0 radical (unpaired) electrons. The molecule has 1 aliphatic rings. The van der Waals surface area contributed by atoms with E-state index in [1.165, 1.54) is 12.8 Å². The van der Waals surface area contributed by atoms with Crippen molar-refractivity contribution in [3.05, 3.63) is 26.6 Å². The smallest absolute Gasteiger partial charge is 0.138 e. The van der Waals surface area contributed by atoms with Crippen LogP contribution in [-0.4, -0.2) is 25.9 Å². The number of halogens is 2. The number of hydrogen-bond acceptors (Lipinski definition) is 3. The fourth-order valence-electron chi connectivity index (χ4n) is 2.73. The molecule has 0 amide bonds. The molecule has 0 aromatic heterocycles. The Kier molecular flexibility index (Phi) is 6.33. The number of ether oxygens (including phenoxy) is 2. The van der Waals surface area contributed by atoms with Crippen LogP contribution in [0.2, 0.25) is 0 Å². The zero-order valence-electron chi connectivity index (χ0n) is 11.9. The summed E-state index contributed by atoms with van der Waals surface area (Å²) in [5, 5.41) is 3.61. The van der Waals surface area contributed by atoms with E-state index in [9.17, 15) is 0 Å². The van der Waals surface area contributed by atoms with Crippen molar-refractivity contribution >= 4 is 31.9 Å². The summed E-state index contributed by atoms with van der Waals surface area (Å²) in [6, 6.07) is 4.56. The SMILES string of the molecule is CCOc1c(Br)cc(Br)cc1CNC1CCCC1OC. The number of methoxy groups -OCH3 is 1. The Morgan fingerprint density at radius 3 is 2.80 bits per heavy atom. The molecule has 1 aliphatic carbocycles. The second-order valence-corrected chi connectivity index (χ2v) is 6.77. The van der Waals surface area contributed by atoms with Gasteiger partial charge in [0.2, 0.25) is 0 Å². The van der Waals surface area contributed by atoms with E-state index in [2.05, 4.69) is 43.2 Å². The highest BCUT2D eigenvalue weighted by Crippen LogP contribution is 2.33. The Balaban J connectivity index is 2.08. The van der Waals surface area contributed by atoms with Gasteiger partial charge in [0, 0.05) is 29.7 Å². The van der Waals surface area contributed by atoms with Crippen molar-refractivity contribution in [2.75, 3.05) is 13.7 Å². The minimum atomic E-state index is 0.334. The molecule has 1 fully saturated rings. The highest BCUT2D eigenvalue weighted by atomic mass is 79.9. The first-order chi connectivity index (χ1) is 9.65. The molecule has 1 aromatic rings. The molecule has 5 heteroatoms. The van der Waals surface area contributed by atoms with Crippen LogP contribution in [0.15, 0.2) is 21.1 Å². The van der Waals surface area contributed by atoms with Crippen LogP contribution in [0.25, 0.3) is 0 Å². The van der Waals surface area contributed by atoms with Gasteiger partial charge in [0.25, 0.3) is 0 Å². The molecular formula is C15H21Br2NO2. The molecule has 0 heterocycles. The van der Waals surface area contributed by atoms with Crippen molar-refractivity contribution in [2.24, 2.45) is 0 Å². The Labute approximate surface area is 137 Å². The van der Waals surface area contributed by atoms with Crippen molar-refractivity contribution in [3.8, 4) is 5.75 Å². The van der Waals surface area contributed by atoms with Crippen LogP contribution >= 0.6 is 31.9 Å². The van der Waals surface area contributed by atoms with Crippen LogP contribution < -0.4 is 10.1 Å². The van der Waals surface area contributed by atoms with Gasteiger partial charge < -0.3 is 14.8 Å². The summed E-state index contributed by atoms with van der Waals surface area (Å²) in [5.74, 6) is 0.926. The van der Waals surface area contributed by atoms with Gasteiger partial charge in [-0.2, -0.15) is 0 Å². The Hall–Kier alpha value is -0.100. The van der Waals surface area contributed by atoms with Crippen molar-refractivity contribution in [1.29, 1.82) is 0 Å². The highest BCUT2D eigenvalue weighted by molar-refractivity contribution is 9.11. The molecule has 3 nitrogen and oxygen atoms in total. The van der Waals surface area contributed by atoms with Gasteiger partial charge in [-0.15, -0.1) is 0 Å². The monoisotopic (exact) mass is 405 g/mol. The number of benzene rings is 1. The van der Waals surface area contributed by atoms with E-state index in [0.29, 0.717) is 18.8 Å². The predicted octanol–water partition coefficient (Wildman–Crippen LogP) is 4.27. The predicted molar refractivity (Wildman–Crippen MR) is 88.3 cm³/mol. The van der Waals surface area contributed by atoms with E-state index in [0.717, 1.165) is 33.2 Å². The molecule has 0 aliphatic heterocycles. The second kappa shape index (κ2) is 7.78. The molecule has 112 valence electrons. The van der Waals surface area contributed by atoms with Crippen LogP contribution in [0.5, 0.6) is 5.75 Å². The van der Waals surface area contributed by atoms with Crippen LogP contribution in [-0.2, 0) is 11.3 Å². The van der Waals surface area contributed by atoms with Crippen molar-refractivity contribution in [1.82, 2.24) is 5.32 Å². The van der Waals surface area contributed by atoms with Gasteiger partial charge in [-0.25, -0.2) is 0 Å². The minimum absolute atomic E-state index is 0.334. The van der Waals surface area contributed by atoms with Gasteiger partial charge in [0.15, 0.2) is 0 Å². The summed E-state index contributed by atoms with van der Waals surface area (Å²) in [4.78, 5) is 0. The Morgan fingerprint density at radius 1 is 1.30 bits per heavy atom. The van der Waals surface area contributed by atoms with Crippen molar-refractivity contribution < 1.29 is 9.47 Å². The van der Waals surface area contributed by atoms with Crippen molar-refractivity contribution in [2.45, 2.75) is 44.9 Å². The van der Waals surface area contributed by atoms with Crippen LogP contribution in [0, 0.1) is 0 Å². The molecule has 0 bridgehead atoms. The molecule has 1 aromatic carbocycles. The summed E-state index contributed by atoms with van der Waals surface area (Å²) in [7, 11) is 1.80. The lowest BCUT2D eigenvalue weighted by molar-refractivity contribution is 0.0846. The van der Waals surface area contributed by atoms with Gasteiger partial charge in [-0.1, -0.05) is 15.9 Å². The summed E-state index contributed by atoms with van der Waals surface area (Å²) >= 11 is 7.11. The highest BCUT2D eigenvalue weighted by Gasteiger charge is 2.26. The van der Waals surface area contributed by atoms with E-state index in [1.54, 1.807) is 7.11 Å². The maximum atomic E-state index is 5.75. The van der Waals surface area contributed by atoms with E-state index in [4.69, 9.17) is 9.47 Å². The van der Waals surface area contributed by atoms with Gasteiger partial charge >= 0.3 is 0 Å². The third-order valence-electron chi connectivity index (χ3n) is 3.68. The van der Waals surface area contributed by atoms with Crippen LogP contribution in [0.3, 0.4) is 0 Å². The summed E-state index contributed by atoms with van der Waals surface area (Å²) < 4.78 is 13.3. The topological polar surface area (TPSA) is 30.5 Å². The molecular weight excluding hydrogens is 386 g/mol. The van der Waals surface area contributed by atoms with Crippen LogP contribution in [0.4, 0.5) is 0 Å². The summed E-state index contributed by atoms with van der Waals surface area (Å²) in [5.41, 5.74) is 1.16. The van der Waals surface area contributed by atoms with Crippen molar-refractivity contribution in [3.63, 3.8) is 0 Å². The average Bonchev–Trinajstić information content (AvgIpc) is 2.87. The first-order valence-electron chi connectivity index (χ1n) is 7.02. The van der Waals surface area contributed by atoms with Gasteiger partial charge in [-0.05, 0) is 54.2 Å². The minimum Gasteiger partial charge on any atom is -0.492 e. The Bertz CT molecular complexity index is 454. The zero-order valence-corrected chi connectivity index (χ0v) is 15.1. The first kappa shape index (κ1) is 16.3. The van der Waals surface area contributed by atoms with E-state index >= 15 is 0 Å². The summed E-state index contributed by atoms with van der Waals surface area (Å²) in [6.45, 7) is 3.46. The fraction of sp³-hybridized carbons (Fsp3) is 0.600. The van der Waals surface area contributed by atoms with E-state index < -0.39 is 0 Å². The number of rotatable bonds is 6. The van der Waals surface area contributed by atoms with Crippen LogP contribution in [0.1, 0.15) is 31.7 Å². The molecule has 0 spiro atoms. The average molecular weight is 407 g/mol. The number of hydrogen-bond donors (Lipinski definition) is 1. The van der Waals surface area contributed by atoms with Gasteiger partial charge in [0.1, 0.15) is 5.75 Å².